The maximum Gasteiger partial charge on any atom is 0.334 e. The van der Waals surface area contributed by atoms with Crippen molar-refractivity contribution in [1.82, 2.24) is 5.32 Å². The topological polar surface area (TPSA) is 38.3 Å². The molecular weight excluding hydrogens is 142 g/mol. The first-order chi connectivity index (χ1) is 5.24. The highest BCUT2D eigenvalue weighted by molar-refractivity contribution is 5.87. The number of hydrogen-bond donors (Lipinski definition) is 1. The number of allylic oxidation sites excluding steroid dienone is 1. The second-order valence-corrected chi connectivity index (χ2v) is 2.61. The molecule has 1 heterocycles. The van der Waals surface area contributed by atoms with Crippen LogP contribution in [0.1, 0.15) is 20.3 Å². The lowest BCUT2D eigenvalue weighted by atomic mass is 10.2. The maximum absolute atomic E-state index is 11.0. The summed E-state index contributed by atoms with van der Waals surface area (Å²) in [5.41, 5.74) is 0.665. The number of nitrogens with one attached hydrogen (secondary N) is 1. The summed E-state index contributed by atoms with van der Waals surface area (Å²) >= 11 is 0. The third kappa shape index (κ3) is 2.05. The first kappa shape index (κ1) is 8.27. The normalized spacial score (nSPS) is 24.2. The summed E-state index contributed by atoms with van der Waals surface area (Å²) in [6.45, 7) is 4.53. The molecule has 0 aliphatic carbocycles. The van der Waals surface area contributed by atoms with Gasteiger partial charge in [0, 0.05) is 18.5 Å². The molecule has 0 aromatic rings. The van der Waals surface area contributed by atoms with Gasteiger partial charge in [-0.3, -0.25) is 5.32 Å². The third-order valence-electron chi connectivity index (χ3n) is 1.78. The number of esters is 1. The second kappa shape index (κ2) is 3.53. The molecule has 62 valence electrons. The van der Waals surface area contributed by atoms with E-state index in [2.05, 4.69) is 5.32 Å². The monoisotopic (exact) mass is 155 g/mol. The van der Waals surface area contributed by atoms with E-state index in [4.69, 9.17) is 4.74 Å². The fourth-order valence-electron chi connectivity index (χ4n) is 0.703. The average Bonchev–Trinajstić information content (AvgIpc) is 1.94. The lowest BCUT2D eigenvalue weighted by molar-refractivity contribution is -0.149. The first-order valence-corrected chi connectivity index (χ1v) is 3.81. The molecule has 0 amide bonds. The Morgan fingerprint density at radius 2 is 2.36 bits per heavy atom. The van der Waals surface area contributed by atoms with Gasteiger partial charge in [0.15, 0.2) is 6.23 Å². The molecule has 3 nitrogen and oxygen atoms in total. The molecular formula is C8H13NO2. The van der Waals surface area contributed by atoms with Crippen molar-refractivity contribution in [1.29, 1.82) is 0 Å². The van der Waals surface area contributed by atoms with Crippen molar-refractivity contribution >= 4 is 5.97 Å². The van der Waals surface area contributed by atoms with Gasteiger partial charge < -0.3 is 4.74 Å². The van der Waals surface area contributed by atoms with Gasteiger partial charge in [-0.25, -0.2) is 4.79 Å². The second-order valence-electron chi connectivity index (χ2n) is 2.61. The Labute approximate surface area is 66.4 Å². The molecule has 1 saturated heterocycles. The highest BCUT2D eigenvalue weighted by Crippen LogP contribution is 2.06. The molecule has 1 N–H and O–H groups in total. The Morgan fingerprint density at radius 1 is 1.73 bits per heavy atom. The minimum Gasteiger partial charge on any atom is -0.443 e. The fraction of sp³-hybridized carbons (Fsp3) is 0.625. The van der Waals surface area contributed by atoms with Gasteiger partial charge in [0.1, 0.15) is 0 Å². The minimum absolute atomic E-state index is 0.0441. The average molecular weight is 155 g/mol. The van der Waals surface area contributed by atoms with Gasteiger partial charge in [0.25, 0.3) is 0 Å². The van der Waals surface area contributed by atoms with Crippen LogP contribution in [0.3, 0.4) is 0 Å². The summed E-state index contributed by atoms with van der Waals surface area (Å²) in [5.74, 6) is -0.218. The molecule has 0 bridgehead atoms. The molecule has 1 fully saturated rings. The highest BCUT2D eigenvalue weighted by Gasteiger charge is 2.20. The first-order valence-electron chi connectivity index (χ1n) is 3.81. The number of hydrogen-bond acceptors (Lipinski definition) is 3. The molecule has 11 heavy (non-hydrogen) atoms. The van der Waals surface area contributed by atoms with Crippen LogP contribution in [0.15, 0.2) is 11.6 Å². The van der Waals surface area contributed by atoms with Crippen molar-refractivity contribution in [2.24, 2.45) is 0 Å². The molecule has 0 aromatic heterocycles. The van der Waals surface area contributed by atoms with E-state index in [9.17, 15) is 4.79 Å². The van der Waals surface area contributed by atoms with E-state index < -0.39 is 0 Å². The van der Waals surface area contributed by atoms with Gasteiger partial charge >= 0.3 is 5.97 Å². The molecule has 1 aliphatic heterocycles. The Kier molecular flexibility index (Phi) is 2.65. The van der Waals surface area contributed by atoms with Crippen LogP contribution in [0.2, 0.25) is 0 Å². The lowest BCUT2D eigenvalue weighted by Crippen LogP contribution is -2.46. The van der Waals surface area contributed by atoms with Crippen LogP contribution >= 0.6 is 0 Å². The predicted octanol–water partition coefficient (Wildman–Crippen LogP) is 0.815. The number of carbonyl (C=O) groups excluding carboxylic acids is 1. The highest BCUT2D eigenvalue weighted by atomic mass is 16.6. The quantitative estimate of drug-likeness (QED) is 0.474. The van der Waals surface area contributed by atoms with Crippen molar-refractivity contribution in [3.8, 4) is 0 Å². The van der Waals surface area contributed by atoms with E-state index in [1.54, 1.807) is 13.0 Å². The van der Waals surface area contributed by atoms with E-state index in [1.807, 2.05) is 6.92 Å². The Bertz CT molecular complexity index is 183. The van der Waals surface area contributed by atoms with Crippen LogP contribution in [0.25, 0.3) is 0 Å². The molecule has 1 atom stereocenters. The van der Waals surface area contributed by atoms with E-state index in [1.165, 1.54) is 0 Å². The standard InChI is InChI=1S/C8H13NO2/c1-3-6(2)8(10)11-7-4-5-9-7/h3,7,9H,4-5H2,1-2H3. The number of ether oxygens (including phenoxy) is 1. The van der Waals surface area contributed by atoms with Crippen molar-refractivity contribution in [3.05, 3.63) is 11.6 Å². The Hall–Kier alpha value is -0.830. The maximum atomic E-state index is 11.0. The molecule has 3 heteroatoms. The van der Waals surface area contributed by atoms with Crippen molar-refractivity contribution < 1.29 is 9.53 Å². The Balaban J connectivity index is 2.30. The van der Waals surface area contributed by atoms with Crippen LogP contribution < -0.4 is 5.32 Å². The van der Waals surface area contributed by atoms with Crippen molar-refractivity contribution in [2.75, 3.05) is 6.54 Å². The molecule has 0 aromatic carbocycles. The Morgan fingerprint density at radius 3 is 2.73 bits per heavy atom. The molecule has 0 spiro atoms. The zero-order chi connectivity index (χ0) is 8.27. The number of carbonyl (C=O) groups is 1. The zero-order valence-electron chi connectivity index (χ0n) is 6.89. The SMILES string of the molecule is CC=C(C)C(=O)OC1CCN1. The van der Waals surface area contributed by atoms with E-state index in [0.29, 0.717) is 5.57 Å². The summed E-state index contributed by atoms with van der Waals surface area (Å²) in [6.07, 6.45) is 2.64. The smallest absolute Gasteiger partial charge is 0.334 e. The van der Waals surface area contributed by atoms with Gasteiger partial charge in [-0.05, 0) is 13.8 Å². The largest absolute Gasteiger partial charge is 0.443 e. The van der Waals surface area contributed by atoms with Crippen LogP contribution in [-0.4, -0.2) is 18.7 Å². The molecule has 1 rings (SSSR count). The van der Waals surface area contributed by atoms with Gasteiger partial charge in [0.2, 0.25) is 0 Å². The van der Waals surface area contributed by atoms with E-state index in [0.717, 1.165) is 13.0 Å². The summed E-state index contributed by atoms with van der Waals surface area (Å²) in [7, 11) is 0. The third-order valence-corrected chi connectivity index (χ3v) is 1.78. The van der Waals surface area contributed by atoms with Gasteiger partial charge in [-0.1, -0.05) is 6.08 Å². The zero-order valence-corrected chi connectivity index (χ0v) is 6.89. The van der Waals surface area contributed by atoms with Gasteiger partial charge in [-0.15, -0.1) is 0 Å². The van der Waals surface area contributed by atoms with Crippen LogP contribution in [0.4, 0.5) is 0 Å². The summed E-state index contributed by atoms with van der Waals surface area (Å²) in [5, 5.41) is 2.99. The van der Waals surface area contributed by atoms with Crippen LogP contribution in [0.5, 0.6) is 0 Å². The molecule has 1 aliphatic rings. The van der Waals surface area contributed by atoms with Gasteiger partial charge in [0.05, 0.1) is 0 Å². The predicted molar refractivity (Wildman–Crippen MR) is 41.9 cm³/mol. The lowest BCUT2D eigenvalue weighted by Gasteiger charge is -2.26. The van der Waals surface area contributed by atoms with Crippen LogP contribution in [-0.2, 0) is 9.53 Å². The summed E-state index contributed by atoms with van der Waals surface area (Å²) in [4.78, 5) is 11.0. The molecule has 0 saturated carbocycles. The molecule has 1 unspecified atom stereocenters. The number of rotatable bonds is 2. The van der Waals surface area contributed by atoms with Gasteiger partial charge in [-0.2, -0.15) is 0 Å². The van der Waals surface area contributed by atoms with Crippen LogP contribution in [0, 0.1) is 0 Å². The summed E-state index contributed by atoms with van der Waals surface area (Å²) < 4.78 is 5.02. The van der Waals surface area contributed by atoms with E-state index >= 15 is 0 Å². The van der Waals surface area contributed by atoms with E-state index in [-0.39, 0.29) is 12.2 Å². The van der Waals surface area contributed by atoms with Crippen molar-refractivity contribution in [2.45, 2.75) is 26.5 Å². The minimum atomic E-state index is -0.218. The molecule has 0 radical (unpaired) electrons. The summed E-state index contributed by atoms with van der Waals surface area (Å²) in [6, 6.07) is 0. The fourth-order valence-corrected chi connectivity index (χ4v) is 0.703. The van der Waals surface area contributed by atoms with Crippen molar-refractivity contribution in [3.63, 3.8) is 0 Å².